The minimum absolute atomic E-state index is 0.0956. The lowest BCUT2D eigenvalue weighted by Crippen LogP contribution is -2.34. The second kappa shape index (κ2) is 5.31. The first kappa shape index (κ1) is 15.1. The Hall–Kier alpha value is -1.40. The van der Waals surface area contributed by atoms with Crippen molar-refractivity contribution in [2.75, 3.05) is 19.6 Å². The van der Waals surface area contributed by atoms with Crippen LogP contribution in [0.2, 0.25) is 0 Å². The van der Waals surface area contributed by atoms with Gasteiger partial charge in [-0.1, -0.05) is 17.7 Å². The lowest BCUT2D eigenvalue weighted by molar-refractivity contribution is -0.124. The normalized spacial score (nSPS) is 34.0. The molecule has 5 nitrogen and oxygen atoms in total. The largest absolute Gasteiger partial charge is 0.356 e. The second-order valence-corrected chi connectivity index (χ2v) is 9.09. The Bertz CT molecular complexity index is 729. The molecular weight excluding hydrogens is 312 g/mol. The summed E-state index contributed by atoms with van der Waals surface area (Å²) in [5, 5.41) is 2.96. The van der Waals surface area contributed by atoms with Crippen molar-refractivity contribution in [1.82, 2.24) is 9.62 Å². The van der Waals surface area contributed by atoms with Crippen LogP contribution in [-0.4, -0.2) is 38.3 Å². The summed E-state index contributed by atoms with van der Waals surface area (Å²) >= 11 is 0. The van der Waals surface area contributed by atoms with Gasteiger partial charge in [-0.3, -0.25) is 4.79 Å². The van der Waals surface area contributed by atoms with Crippen molar-refractivity contribution in [1.29, 1.82) is 0 Å². The molecule has 2 saturated heterocycles. The number of benzene rings is 1. The number of amides is 1. The molecule has 1 saturated carbocycles. The number of sulfonamides is 1. The van der Waals surface area contributed by atoms with Crippen molar-refractivity contribution in [3.8, 4) is 0 Å². The van der Waals surface area contributed by atoms with Crippen LogP contribution in [0.15, 0.2) is 29.2 Å². The molecule has 1 aromatic rings. The van der Waals surface area contributed by atoms with Crippen molar-refractivity contribution in [3.63, 3.8) is 0 Å². The molecule has 2 aliphatic heterocycles. The average Bonchev–Trinajstić information content (AvgIpc) is 3.12. The molecule has 0 aromatic heterocycles. The highest BCUT2D eigenvalue weighted by Gasteiger charge is 2.51. The lowest BCUT2D eigenvalue weighted by Gasteiger charge is -2.33. The Kier molecular flexibility index (Phi) is 3.50. The van der Waals surface area contributed by atoms with Gasteiger partial charge >= 0.3 is 0 Å². The average molecular weight is 334 g/mol. The third-order valence-electron chi connectivity index (χ3n) is 5.88. The third-order valence-corrected chi connectivity index (χ3v) is 7.73. The number of hydrogen-bond acceptors (Lipinski definition) is 3. The summed E-state index contributed by atoms with van der Waals surface area (Å²) in [4.78, 5) is 12.3. The van der Waals surface area contributed by atoms with Gasteiger partial charge in [0.2, 0.25) is 15.9 Å². The van der Waals surface area contributed by atoms with E-state index in [0.717, 1.165) is 18.4 Å². The number of rotatable bonds is 2. The molecule has 6 heteroatoms. The maximum atomic E-state index is 12.9. The van der Waals surface area contributed by atoms with Gasteiger partial charge in [-0.25, -0.2) is 8.42 Å². The Labute approximate surface area is 137 Å². The van der Waals surface area contributed by atoms with Crippen LogP contribution in [0, 0.1) is 30.6 Å². The van der Waals surface area contributed by atoms with Crippen LogP contribution in [0.5, 0.6) is 0 Å². The van der Waals surface area contributed by atoms with E-state index in [0.29, 0.717) is 42.3 Å². The van der Waals surface area contributed by atoms with Gasteiger partial charge in [-0.2, -0.15) is 4.31 Å². The lowest BCUT2D eigenvalue weighted by atomic mass is 9.69. The number of nitrogens with zero attached hydrogens (tertiary/aromatic N) is 1. The topological polar surface area (TPSA) is 66.5 Å². The highest BCUT2D eigenvalue weighted by atomic mass is 32.2. The fourth-order valence-electron chi connectivity index (χ4n) is 4.58. The summed E-state index contributed by atoms with van der Waals surface area (Å²) in [6, 6.07) is 7.06. The van der Waals surface area contributed by atoms with Crippen LogP contribution >= 0.6 is 0 Å². The predicted molar refractivity (Wildman–Crippen MR) is 86.1 cm³/mol. The molecule has 0 spiro atoms. The quantitative estimate of drug-likeness (QED) is 0.889. The van der Waals surface area contributed by atoms with Gasteiger partial charge in [0.1, 0.15) is 0 Å². The van der Waals surface area contributed by atoms with Crippen molar-refractivity contribution < 1.29 is 13.2 Å². The molecule has 1 N–H and O–H groups in total. The molecule has 0 radical (unpaired) electrons. The summed E-state index contributed by atoms with van der Waals surface area (Å²) in [6.45, 7) is 3.81. The van der Waals surface area contributed by atoms with E-state index in [1.807, 2.05) is 19.1 Å². The molecule has 4 atom stereocenters. The van der Waals surface area contributed by atoms with E-state index < -0.39 is 10.0 Å². The first-order valence-corrected chi connectivity index (χ1v) is 9.75. The van der Waals surface area contributed by atoms with E-state index in [-0.39, 0.29) is 11.8 Å². The molecular formula is C17H22N2O3S. The van der Waals surface area contributed by atoms with E-state index in [9.17, 15) is 13.2 Å². The molecule has 2 heterocycles. The standard InChI is InChI=1S/C17H22N2O3S/c1-11-2-5-13(6-3-11)23(21,22)19-9-12-4-7-14-15(16(12)10-19)8-18-17(14)20/h2-3,5-6,12,14-16H,4,7-10H2,1H3,(H,18,20)/t12?,14-,15-,16+/m0/s1. The summed E-state index contributed by atoms with van der Waals surface area (Å²) in [5.74, 6) is 1.27. The van der Waals surface area contributed by atoms with E-state index >= 15 is 0 Å². The van der Waals surface area contributed by atoms with Crippen LogP contribution < -0.4 is 5.32 Å². The second-order valence-electron chi connectivity index (χ2n) is 7.15. The van der Waals surface area contributed by atoms with Crippen molar-refractivity contribution in [2.45, 2.75) is 24.7 Å². The summed E-state index contributed by atoms with van der Waals surface area (Å²) in [6.07, 6.45) is 1.86. The Morgan fingerprint density at radius 3 is 2.57 bits per heavy atom. The van der Waals surface area contributed by atoms with Gasteiger partial charge in [-0.05, 0) is 49.7 Å². The maximum Gasteiger partial charge on any atom is 0.243 e. The third kappa shape index (κ3) is 2.39. The summed E-state index contributed by atoms with van der Waals surface area (Å²) in [7, 11) is -3.43. The number of fused-ring (bicyclic) bond motifs is 3. The highest BCUT2D eigenvalue weighted by molar-refractivity contribution is 7.89. The predicted octanol–water partition coefficient (Wildman–Crippen LogP) is 1.39. The van der Waals surface area contributed by atoms with Gasteiger partial charge in [0.15, 0.2) is 0 Å². The van der Waals surface area contributed by atoms with E-state index in [4.69, 9.17) is 0 Å². The first-order valence-electron chi connectivity index (χ1n) is 8.31. The molecule has 4 rings (SSSR count). The van der Waals surface area contributed by atoms with Gasteiger partial charge in [0.05, 0.1) is 4.90 Å². The Balaban J connectivity index is 1.58. The zero-order valence-corrected chi connectivity index (χ0v) is 14.1. The molecule has 3 fully saturated rings. The van der Waals surface area contributed by atoms with Crippen LogP contribution in [0.1, 0.15) is 18.4 Å². The molecule has 3 aliphatic rings. The van der Waals surface area contributed by atoms with Crippen LogP contribution in [0.4, 0.5) is 0 Å². The van der Waals surface area contributed by atoms with Crippen LogP contribution in [-0.2, 0) is 14.8 Å². The molecule has 1 amide bonds. The molecule has 0 bridgehead atoms. The fourth-order valence-corrected chi connectivity index (χ4v) is 6.11. The molecule has 124 valence electrons. The molecule has 1 aliphatic carbocycles. The van der Waals surface area contributed by atoms with Gasteiger partial charge in [-0.15, -0.1) is 0 Å². The smallest absolute Gasteiger partial charge is 0.243 e. The van der Waals surface area contributed by atoms with Gasteiger partial charge in [0.25, 0.3) is 0 Å². The first-order chi connectivity index (χ1) is 11.0. The molecule has 1 aromatic carbocycles. The minimum Gasteiger partial charge on any atom is -0.356 e. The fraction of sp³-hybridized carbons (Fsp3) is 0.588. The number of carbonyl (C=O) groups excluding carboxylic acids is 1. The molecule has 1 unspecified atom stereocenters. The number of carbonyl (C=O) groups is 1. The molecule has 23 heavy (non-hydrogen) atoms. The van der Waals surface area contributed by atoms with E-state index in [1.165, 1.54) is 0 Å². The summed E-state index contributed by atoms with van der Waals surface area (Å²) in [5.41, 5.74) is 1.05. The number of hydrogen-bond donors (Lipinski definition) is 1. The van der Waals surface area contributed by atoms with Crippen molar-refractivity contribution >= 4 is 15.9 Å². The van der Waals surface area contributed by atoms with Crippen LogP contribution in [0.3, 0.4) is 0 Å². The minimum atomic E-state index is -3.43. The maximum absolute atomic E-state index is 12.9. The van der Waals surface area contributed by atoms with Crippen molar-refractivity contribution in [3.05, 3.63) is 29.8 Å². The zero-order valence-electron chi connectivity index (χ0n) is 13.2. The SMILES string of the molecule is Cc1ccc(S(=O)(=O)N2CC3CC[C@@H]4C(=O)NC[C@@H]4[C@@H]3C2)cc1. The number of nitrogens with one attached hydrogen (secondary N) is 1. The zero-order chi connectivity index (χ0) is 16.2. The van der Waals surface area contributed by atoms with Crippen molar-refractivity contribution in [2.24, 2.45) is 23.7 Å². The van der Waals surface area contributed by atoms with E-state index in [2.05, 4.69) is 5.32 Å². The monoisotopic (exact) mass is 334 g/mol. The van der Waals surface area contributed by atoms with Gasteiger partial charge in [0, 0.05) is 25.6 Å². The van der Waals surface area contributed by atoms with E-state index in [1.54, 1.807) is 16.4 Å². The Morgan fingerprint density at radius 2 is 1.83 bits per heavy atom. The number of aryl methyl sites for hydroxylation is 1. The summed E-state index contributed by atoms with van der Waals surface area (Å²) < 4.78 is 27.4. The highest BCUT2D eigenvalue weighted by Crippen LogP contribution is 2.46. The van der Waals surface area contributed by atoms with Crippen LogP contribution in [0.25, 0.3) is 0 Å². The Morgan fingerprint density at radius 1 is 1.09 bits per heavy atom. The van der Waals surface area contributed by atoms with Gasteiger partial charge < -0.3 is 5.32 Å².